The third kappa shape index (κ3) is 5.15. The Kier molecular flexibility index (Phi) is 8.40. The number of hydrogen-bond donors (Lipinski definition) is 1. The molecule has 0 bridgehead atoms. The van der Waals surface area contributed by atoms with E-state index in [2.05, 4.69) is 6.92 Å². The van der Waals surface area contributed by atoms with Crippen molar-refractivity contribution in [2.45, 2.75) is 38.6 Å². The molecule has 1 atom stereocenters. The third-order valence-electron chi connectivity index (χ3n) is 2.72. The van der Waals surface area contributed by atoms with Crippen LogP contribution in [0.25, 0.3) is 0 Å². The number of ether oxygens (including phenoxy) is 1. The van der Waals surface area contributed by atoms with Crippen molar-refractivity contribution in [3.8, 4) is 5.75 Å². The van der Waals surface area contributed by atoms with Crippen LogP contribution < -0.4 is 10.5 Å². The zero-order valence-corrected chi connectivity index (χ0v) is 12.0. The molecule has 2 N–H and O–H groups in total. The summed E-state index contributed by atoms with van der Waals surface area (Å²) in [5, 5.41) is 0.631. The van der Waals surface area contributed by atoms with Gasteiger partial charge in [0.2, 0.25) is 0 Å². The van der Waals surface area contributed by atoms with Crippen LogP contribution in [0.2, 0.25) is 5.02 Å². The van der Waals surface area contributed by atoms with Gasteiger partial charge >= 0.3 is 0 Å². The second kappa shape index (κ2) is 8.62. The molecule has 0 aromatic heterocycles. The molecule has 1 aromatic carbocycles. The average molecular weight is 278 g/mol. The standard InChI is InChI=1S/C13H20ClNO.ClH/c1-3-4-5-6-12(15)10-7-8-11(14)13(9-10)16-2;/h7-9,12H,3-6,15H2,1-2H3;1H/t12-;/m1./s1. The highest BCUT2D eigenvalue weighted by molar-refractivity contribution is 6.32. The molecule has 0 fully saturated rings. The number of benzene rings is 1. The van der Waals surface area contributed by atoms with Gasteiger partial charge in [0.05, 0.1) is 12.1 Å². The lowest BCUT2D eigenvalue weighted by atomic mass is 10.0. The topological polar surface area (TPSA) is 35.2 Å². The lowest BCUT2D eigenvalue weighted by molar-refractivity contribution is 0.413. The number of halogens is 2. The van der Waals surface area contributed by atoms with Crippen molar-refractivity contribution < 1.29 is 4.74 Å². The van der Waals surface area contributed by atoms with Gasteiger partial charge in [-0.25, -0.2) is 0 Å². The van der Waals surface area contributed by atoms with Crippen molar-refractivity contribution in [3.63, 3.8) is 0 Å². The monoisotopic (exact) mass is 277 g/mol. The molecule has 98 valence electrons. The number of methoxy groups -OCH3 is 1. The van der Waals surface area contributed by atoms with E-state index in [0.29, 0.717) is 10.8 Å². The number of unbranched alkanes of at least 4 members (excludes halogenated alkanes) is 2. The molecule has 1 rings (SSSR count). The van der Waals surface area contributed by atoms with E-state index in [1.165, 1.54) is 19.3 Å². The van der Waals surface area contributed by atoms with Gasteiger partial charge in [-0.2, -0.15) is 0 Å². The van der Waals surface area contributed by atoms with Crippen LogP contribution in [-0.4, -0.2) is 7.11 Å². The number of hydrogen-bond acceptors (Lipinski definition) is 2. The van der Waals surface area contributed by atoms with E-state index in [4.69, 9.17) is 22.1 Å². The van der Waals surface area contributed by atoms with Crippen LogP contribution in [0.3, 0.4) is 0 Å². The molecule has 0 aliphatic carbocycles. The smallest absolute Gasteiger partial charge is 0.137 e. The van der Waals surface area contributed by atoms with Crippen molar-refractivity contribution in [2.75, 3.05) is 7.11 Å². The van der Waals surface area contributed by atoms with Gasteiger partial charge in [0, 0.05) is 6.04 Å². The quantitative estimate of drug-likeness (QED) is 0.785. The minimum Gasteiger partial charge on any atom is -0.495 e. The predicted octanol–water partition coefficient (Wildman–Crippen LogP) is 4.35. The first-order chi connectivity index (χ1) is 7.69. The Morgan fingerprint density at radius 1 is 1.35 bits per heavy atom. The first-order valence-corrected chi connectivity index (χ1v) is 6.15. The van der Waals surface area contributed by atoms with Crippen LogP contribution in [0.5, 0.6) is 5.75 Å². The summed E-state index contributed by atoms with van der Waals surface area (Å²) >= 11 is 5.96. The van der Waals surface area contributed by atoms with Crippen LogP contribution in [0.1, 0.15) is 44.2 Å². The first-order valence-electron chi connectivity index (χ1n) is 5.78. The Hall–Kier alpha value is -0.440. The lowest BCUT2D eigenvalue weighted by Crippen LogP contribution is -2.10. The van der Waals surface area contributed by atoms with Crippen LogP contribution in [0, 0.1) is 0 Å². The first kappa shape index (κ1) is 16.6. The van der Waals surface area contributed by atoms with E-state index in [1.807, 2.05) is 18.2 Å². The van der Waals surface area contributed by atoms with Crippen molar-refractivity contribution in [1.82, 2.24) is 0 Å². The molecule has 0 spiro atoms. The normalized spacial score (nSPS) is 11.8. The second-order valence-electron chi connectivity index (χ2n) is 4.00. The summed E-state index contributed by atoms with van der Waals surface area (Å²) in [6.45, 7) is 2.19. The van der Waals surface area contributed by atoms with Crippen LogP contribution in [-0.2, 0) is 0 Å². The summed E-state index contributed by atoms with van der Waals surface area (Å²) in [4.78, 5) is 0. The summed E-state index contributed by atoms with van der Waals surface area (Å²) in [7, 11) is 1.62. The Balaban J connectivity index is 0.00000256. The van der Waals surface area contributed by atoms with E-state index < -0.39 is 0 Å². The predicted molar refractivity (Wildman–Crippen MR) is 76.3 cm³/mol. The Morgan fingerprint density at radius 3 is 2.65 bits per heavy atom. The van der Waals surface area contributed by atoms with Crippen molar-refractivity contribution >= 4 is 24.0 Å². The van der Waals surface area contributed by atoms with E-state index >= 15 is 0 Å². The SMILES string of the molecule is CCCCC[C@@H](N)c1ccc(Cl)c(OC)c1.Cl. The van der Waals surface area contributed by atoms with Gasteiger partial charge in [-0.05, 0) is 24.1 Å². The molecule has 0 amide bonds. The van der Waals surface area contributed by atoms with Gasteiger partial charge in [-0.15, -0.1) is 12.4 Å². The van der Waals surface area contributed by atoms with Gasteiger partial charge in [0.25, 0.3) is 0 Å². The molecule has 0 saturated heterocycles. The van der Waals surface area contributed by atoms with Crippen molar-refractivity contribution in [3.05, 3.63) is 28.8 Å². The number of rotatable bonds is 6. The zero-order chi connectivity index (χ0) is 12.0. The maximum Gasteiger partial charge on any atom is 0.137 e. The Labute approximate surface area is 115 Å². The largest absolute Gasteiger partial charge is 0.495 e. The van der Waals surface area contributed by atoms with Gasteiger partial charge in [0.1, 0.15) is 5.75 Å². The van der Waals surface area contributed by atoms with Crippen LogP contribution in [0.15, 0.2) is 18.2 Å². The zero-order valence-electron chi connectivity index (χ0n) is 10.4. The van der Waals surface area contributed by atoms with Crippen molar-refractivity contribution in [2.24, 2.45) is 5.73 Å². The molecule has 0 aliphatic rings. The van der Waals surface area contributed by atoms with E-state index in [1.54, 1.807) is 7.11 Å². The third-order valence-corrected chi connectivity index (χ3v) is 3.03. The fourth-order valence-corrected chi connectivity index (χ4v) is 1.88. The molecule has 1 aromatic rings. The second-order valence-corrected chi connectivity index (χ2v) is 4.40. The molecular weight excluding hydrogens is 257 g/mol. The van der Waals surface area contributed by atoms with Crippen LogP contribution >= 0.6 is 24.0 Å². The average Bonchev–Trinajstić information content (AvgIpc) is 2.30. The summed E-state index contributed by atoms with van der Waals surface area (Å²) in [6, 6.07) is 5.83. The molecule has 2 nitrogen and oxygen atoms in total. The molecule has 0 aliphatic heterocycles. The van der Waals surface area contributed by atoms with Gasteiger partial charge in [-0.1, -0.05) is 43.9 Å². The molecular formula is C13H21Cl2NO. The van der Waals surface area contributed by atoms with Gasteiger partial charge in [-0.3, -0.25) is 0 Å². The lowest BCUT2D eigenvalue weighted by Gasteiger charge is -2.13. The summed E-state index contributed by atoms with van der Waals surface area (Å²) in [5.41, 5.74) is 7.21. The fourth-order valence-electron chi connectivity index (χ4n) is 1.69. The molecule has 0 radical (unpaired) electrons. The Bertz CT molecular complexity index is 331. The molecule has 17 heavy (non-hydrogen) atoms. The minimum atomic E-state index is 0. The highest BCUT2D eigenvalue weighted by atomic mass is 35.5. The summed E-state index contributed by atoms with van der Waals surface area (Å²) < 4.78 is 5.17. The molecule has 0 saturated carbocycles. The highest BCUT2D eigenvalue weighted by Crippen LogP contribution is 2.28. The van der Waals surface area contributed by atoms with Crippen LogP contribution in [0.4, 0.5) is 0 Å². The summed E-state index contributed by atoms with van der Waals surface area (Å²) in [5.74, 6) is 0.699. The number of nitrogens with two attached hydrogens (primary N) is 1. The van der Waals surface area contributed by atoms with E-state index in [-0.39, 0.29) is 18.4 Å². The minimum absolute atomic E-state index is 0. The maximum absolute atomic E-state index is 6.11. The highest BCUT2D eigenvalue weighted by Gasteiger charge is 2.08. The molecule has 0 heterocycles. The van der Waals surface area contributed by atoms with Crippen molar-refractivity contribution in [1.29, 1.82) is 0 Å². The Morgan fingerprint density at radius 2 is 2.06 bits per heavy atom. The van der Waals surface area contributed by atoms with Gasteiger partial charge < -0.3 is 10.5 Å². The molecule has 0 unspecified atom stereocenters. The molecule has 4 heteroatoms. The van der Waals surface area contributed by atoms with E-state index in [9.17, 15) is 0 Å². The fraction of sp³-hybridized carbons (Fsp3) is 0.538. The van der Waals surface area contributed by atoms with Gasteiger partial charge in [0.15, 0.2) is 0 Å². The van der Waals surface area contributed by atoms with E-state index in [0.717, 1.165) is 12.0 Å². The maximum atomic E-state index is 6.11. The summed E-state index contributed by atoms with van der Waals surface area (Å²) in [6.07, 6.45) is 4.64.